The fourth-order valence-corrected chi connectivity index (χ4v) is 5.46. The van der Waals surface area contributed by atoms with E-state index in [2.05, 4.69) is 37.7 Å². The van der Waals surface area contributed by atoms with Crippen molar-refractivity contribution in [3.05, 3.63) is 98.6 Å². The van der Waals surface area contributed by atoms with E-state index in [1.807, 2.05) is 50.6 Å². The minimum absolute atomic E-state index is 0.0417. The number of nitrogens with zero attached hydrogens (tertiary/aromatic N) is 4. The molecular formula is C32H37ClFN5O. The van der Waals surface area contributed by atoms with Crippen molar-refractivity contribution in [2.45, 2.75) is 78.0 Å². The van der Waals surface area contributed by atoms with Gasteiger partial charge in [-0.1, -0.05) is 31.4 Å². The van der Waals surface area contributed by atoms with Crippen LogP contribution >= 0.6 is 11.6 Å². The number of anilines is 1. The molecule has 0 saturated heterocycles. The third-order valence-corrected chi connectivity index (χ3v) is 7.96. The van der Waals surface area contributed by atoms with Gasteiger partial charge in [-0.05, 0) is 75.1 Å². The first-order valence-electron chi connectivity index (χ1n) is 14.2. The number of hydrogen-bond acceptors (Lipinski definition) is 5. The Bertz CT molecular complexity index is 1530. The number of unbranched alkanes of at least 4 members (excludes halogenated alkanes) is 1. The second-order valence-corrected chi connectivity index (χ2v) is 11.4. The van der Waals surface area contributed by atoms with Gasteiger partial charge in [0.2, 0.25) is 0 Å². The average Bonchev–Trinajstić information content (AvgIpc) is 3.78. The third-order valence-electron chi connectivity index (χ3n) is 7.67. The van der Waals surface area contributed by atoms with E-state index in [0.717, 1.165) is 54.7 Å². The van der Waals surface area contributed by atoms with Crippen LogP contribution in [0.1, 0.15) is 67.6 Å². The summed E-state index contributed by atoms with van der Waals surface area (Å²) in [5.41, 5.74) is 5.29. The SMILES string of the molecule is CCCC[C@@H](CNc1ccc(C)nc1)N(Cc1ccnc(C)c1)Cc1cn(C2CC2)c2cc(Cl)c(F)cc2c1=O. The van der Waals surface area contributed by atoms with E-state index >= 15 is 0 Å². The van der Waals surface area contributed by atoms with Crippen LogP contribution in [-0.2, 0) is 13.1 Å². The van der Waals surface area contributed by atoms with Crippen LogP contribution in [0.3, 0.4) is 0 Å². The van der Waals surface area contributed by atoms with Gasteiger partial charge in [-0.25, -0.2) is 4.39 Å². The number of benzene rings is 1. The molecule has 1 aromatic carbocycles. The number of aryl methyl sites for hydroxylation is 2. The van der Waals surface area contributed by atoms with Crippen LogP contribution < -0.4 is 10.7 Å². The molecule has 1 saturated carbocycles. The van der Waals surface area contributed by atoms with E-state index in [0.29, 0.717) is 42.1 Å². The minimum Gasteiger partial charge on any atom is -0.382 e. The van der Waals surface area contributed by atoms with Gasteiger partial charge < -0.3 is 9.88 Å². The molecule has 1 atom stereocenters. The number of aromatic nitrogens is 3. The van der Waals surface area contributed by atoms with Gasteiger partial charge in [0.1, 0.15) is 5.82 Å². The molecule has 0 aliphatic heterocycles. The molecule has 1 fully saturated rings. The standard InChI is InChI=1S/C32H37ClFN5O/c1-4-5-6-27(17-37-25-8-7-21(2)36-16-25)38(18-23-11-12-35-22(3)13-23)19-24-20-39(26-9-10-26)31-15-29(33)30(34)14-28(31)32(24)40/h7-8,11-16,20,26-27,37H,4-6,9-10,17-19H2,1-3H3/t27-/m0/s1. The maximum absolute atomic E-state index is 14.5. The van der Waals surface area contributed by atoms with E-state index < -0.39 is 5.82 Å². The number of halogens is 2. The molecule has 0 unspecified atom stereocenters. The van der Waals surface area contributed by atoms with Gasteiger partial charge in [-0.3, -0.25) is 19.7 Å². The third kappa shape index (κ3) is 6.70. The molecule has 6 nitrogen and oxygen atoms in total. The highest BCUT2D eigenvalue weighted by atomic mass is 35.5. The molecule has 4 aromatic rings. The summed E-state index contributed by atoms with van der Waals surface area (Å²) >= 11 is 6.13. The predicted octanol–water partition coefficient (Wildman–Crippen LogP) is 7.21. The van der Waals surface area contributed by atoms with Gasteiger partial charge in [0.05, 0.1) is 22.4 Å². The molecule has 8 heteroatoms. The summed E-state index contributed by atoms with van der Waals surface area (Å²) in [7, 11) is 0. The molecule has 210 valence electrons. The molecule has 1 aliphatic rings. The van der Waals surface area contributed by atoms with Gasteiger partial charge in [0, 0.05) is 66.4 Å². The molecule has 3 aromatic heterocycles. The zero-order valence-corrected chi connectivity index (χ0v) is 24.2. The second kappa shape index (κ2) is 12.5. The van der Waals surface area contributed by atoms with Crippen molar-refractivity contribution in [1.82, 2.24) is 19.4 Å². The summed E-state index contributed by atoms with van der Waals surface area (Å²) in [5.74, 6) is -0.563. The molecule has 40 heavy (non-hydrogen) atoms. The fourth-order valence-electron chi connectivity index (χ4n) is 5.30. The molecular weight excluding hydrogens is 525 g/mol. The van der Waals surface area contributed by atoms with Crippen LogP contribution in [0, 0.1) is 19.7 Å². The van der Waals surface area contributed by atoms with E-state index in [1.54, 1.807) is 6.07 Å². The lowest BCUT2D eigenvalue weighted by Gasteiger charge is -2.33. The number of hydrogen-bond donors (Lipinski definition) is 1. The summed E-state index contributed by atoms with van der Waals surface area (Å²) in [6, 6.07) is 11.5. The van der Waals surface area contributed by atoms with Crippen molar-refractivity contribution in [2.75, 3.05) is 11.9 Å². The van der Waals surface area contributed by atoms with Gasteiger partial charge in [-0.2, -0.15) is 0 Å². The van der Waals surface area contributed by atoms with Crippen molar-refractivity contribution in [1.29, 1.82) is 0 Å². The van der Waals surface area contributed by atoms with Crippen molar-refractivity contribution < 1.29 is 4.39 Å². The highest BCUT2D eigenvalue weighted by molar-refractivity contribution is 6.31. The van der Waals surface area contributed by atoms with Crippen molar-refractivity contribution >= 4 is 28.2 Å². The van der Waals surface area contributed by atoms with Crippen LogP contribution in [0.4, 0.5) is 10.1 Å². The highest BCUT2D eigenvalue weighted by Crippen LogP contribution is 2.38. The Morgan fingerprint density at radius 1 is 1.12 bits per heavy atom. The van der Waals surface area contributed by atoms with Gasteiger partial charge in [0.15, 0.2) is 5.43 Å². The van der Waals surface area contributed by atoms with Crippen LogP contribution in [0.15, 0.2) is 59.8 Å². The summed E-state index contributed by atoms with van der Waals surface area (Å²) in [5, 5.41) is 4.01. The number of nitrogens with one attached hydrogen (secondary N) is 1. The zero-order chi connectivity index (χ0) is 28.2. The monoisotopic (exact) mass is 561 g/mol. The lowest BCUT2D eigenvalue weighted by Crippen LogP contribution is -2.40. The largest absolute Gasteiger partial charge is 0.382 e. The van der Waals surface area contributed by atoms with Crippen LogP contribution in [0.25, 0.3) is 10.9 Å². The molecule has 0 amide bonds. The maximum Gasteiger partial charge on any atom is 0.193 e. The molecule has 1 aliphatic carbocycles. The summed E-state index contributed by atoms with van der Waals surface area (Å²) in [6.07, 6.45) is 10.9. The van der Waals surface area contributed by atoms with Crippen molar-refractivity contribution in [2.24, 2.45) is 0 Å². The first-order chi connectivity index (χ1) is 19.3. The quantitative estimate of drug-likeness (QED) is 0.198. The molecule has 1 N–H and O–H groups in total. The maximum atomic E-state index is 14.5. The Hall–Kier alpha value is -3.29. The molecule has 3 heterocycles. The molecule has 0 radical (unpaired) electrons. The first-order valence-corrected chi connectivity index (χ1v) is 14.5. The number of rotatable bonds is 12. The van der Waals surface area contributed by atoms with E-state index in [9.17, 15) is 9.18 Å². The fraction of sp³-hybridized carbons (Fsp3) is 0.406. The number of pyridine rings is 3. The second-order valence-electron chi connectivity index (χ2n) is 11.0. The Morgan fingerprint density at radius 2 is 1.95 bits per heavy atom. The lowest BCUT2D eigenvalue weighted by molar-refractivity contribution is 0.173. The molecule has 0 spiro atoms. The summed E-state index contributed by atoms with van der Waals surface area (Å²) in [6.45, 7) is 8.00. The Morgan fingerprint density at radius 3 is 2.65 bits per heavy atom. The normalized spacial score (nSPS) is 14.2. The minimum atomic E-state index is -0.563. The molecule has 0 bridgehead atoms. The first kappa shape index (κ1) is 28.2. The van der Waals surface area contributed by atoms with Crippen molar-refractivity contribution in [3.63, 3.8) is 0 Å². The Kier molecular flexibility index (Phi) is 8.81. The predicted molar refractivity (Wildman–Crippen MR) is 160 cm³/mol. The van der Waals surface area contributed by atoms with Crippen molar-refractivity contribution in [3.8, 4) is 0 Å². The van der Waals surface area contributed by atoms with Crippen LogP contribution in [-0.4, -0.2) is 32.0 Å². The Balaban J connectivity index is 1.52. The van der Waals surface area contributed by atoms with Gasteiger partial charge in [-0.15, -0.1) is 0 Å². The smallest absolute Gasteiger partial charge is 0.193 e. The average molecular weight is 562 g/mol. The van der Waals surface area contributed by atoms with E-state index in [-0.39, 0.29) is 16.5 Å². The molecule has 5 rings (SSSR count). The van der Waals surface area contributed by atoms with Gasteiger partial charge in [0.25, 0.3) is 0 Å². The zero-order valence-electron chi connectivity index (χ0n) is 23.5. The van der Waals surface area contributed by atoms with E-state index in [4.69, 9.17) is 11.6 Å². The van der Waals surface area contributed by atoms with Crippen LogP contribution in [0.5, 0.6) is 0 Å². The Labute approximate surface area is 240 Å². The number of fused-ring (bicyclic) bond motifs is 1. The highest BCUT2D eigenvalue weighted by Gasteiger charge is 2.27. The lowest BCUT2D eigenvalue weighted by atomic mass is 10.0. The summed E-state index contributed by atoms with van der Waals surface area (Å²) < 4.78 is 16.7. The summed E-state index contributed by atoms with van der Waals surface area (Å²) in [4.78, 5) is 25.0. The van der Waals surface area contributed by atoms with E-state index in [1.165, 1.54) is 6.07 Å². The van der Waals surface area contributed by atoms with Crippen LogP contribution in [0.2, 0.25) is 5.02 Å². The van der Waals surface area contributed by atoms with Gasteiger partial charge >= 0.3 is 0 Å². The topological polar surface area (TPSA) is 63.1 Å².